The van der Waals surface area contributed by atoms with Gasteiger partial charge < -0.3 is 90.8 Å². The summed E-state index contributed by atoms with van der Waals surface area (Å²) in [7, 11) is 0. The molecule has 4 aliphatic rings. The number of phenols is 12. The minimum absolute atomic E-state index is 0.515. The van der Waals surface area contributed by atoms with Crippen molar-refractivity contribution in [2.75, 3.05) is 0 Å². The second-order valence-electron chi connectivity index (χ2n) is 15.8. The van der Waals surface area contributed by atoms with E-state index in [1.54, 1.807) is 0 Å². The van der Waals surface area contributed by atoms with E-state index in [1.807, 2.05) is 0 Å². The maximum atomic E-state index is 14.3. The van der Waals surface area contributed by atoms with Gasteiger partial charge in [0.2, 0.25) is 17.3 Å². The van der Waals surface area contributed by atoms with Gasteiger partial charge in [0.05, 0.1) is 16.7 Å². The first-order chi connectivity index (χ1) is 31.2. The molecule has 6 bridgehead atoms. The Morgan fingerprint density at radius 2 is 0.500 bits per heavy atom. The van der Waals surface area contributed by atoms with Crippen LogP contribution in [0.25, 0.3) is 33.4 Å². The normalized spacial score (nSPS) is 21.2. The molecule has 0 amide bonds. The molecule has 0 radical (unpaired) electrons. The summed E-state index contributed by atoms with van der Waals surface area (Å²) < 4.78 is 18.7. The molecule has 6 aromatic carbocycles. The van der Waals surface area contributed by atoms with Crippen LogP contribution in [0.1, 0.15) is 66.1 Å². The first-order valence-electron chi connectivity index (χ1n) is 19.3. The topological polar surface area (TPSA) is 382 Å². The smallest absolute Gasteiger partial charge is 0.202 e. The van der Waals surface area contributed by atoms with E-state index < -0.39 is 207 Å². The van der Waals surface area contributed by atoms with Gasteiger partial charge in [0, 0.05) is 51.6 Å². The summed E-state index contributed by atoms with van der Waals surface area (Å²) in [6.07, 6.45) is -13.5. The van der Waals surface area contributed by atoms with Gasteiger partial charge in [-0.25, -0.2) is 0 Å². The van der Waals surface area contributed by atoms with Gasteiger partial charge in [0.25, 0.3) is 0 Å². The van der Waals surface area contributed by atoms with Crippen molar-refractivity contribution in [3.63, 3.8) is 0 Å². The summed E-state index contributed by atoms with van der Waals surface area (Å²) in [5, 5.41) is 168. The van der Waals surface area contributed by atoms with Crippen LogP contribution in [-0.4, -0.2) is 112 Å². The highest BCUT2D eigenvalue weighted by Crippen LogP contribution is 2.59. The number of aromatic hydroxyl groups is 12. The molecule has 4 heterocycles. The van der Waals surface area contributed by atoms with Crippen LogP contribution in [-0.2, 0) is 0 Å². The number of hydrogen-bond acceptors (Lipinski definition) is 21. The highest BCUT2D eigenvalue weighted by Gasteiger charge is 2.49. The minimum Gasteiger partial charge on any atom is -0.507 e. The fourth-order valence-electron chi connectivity index (χ4n) is 9.01. The van der Waals surface area contributed by atoms with Crippen LogP contribution in [0.3, 0.4) is 0 Å². The predicted octanol–water partition coefficient (Wildman–Crippen LogP) is 3.50. The van der Waals surface area contributed by atoms with E-state index in [1.165, 1.54) is 0 Å². The minimum atomic E-state index is -2.38. The van der Waals surface area contributed by atoms with E-state index in [-0.39, 0.29) is 0 Å². The van der Waals surface area contributed by atoms with Gasteiger partial charge in [-0.2, -0.15) is 0 Å². The average molecular weight is 907 g/mol. The van der Waals surface area contributed by atoms with Crippen LogP contribution >= 0.6 is 0 Å². The molecule has 15 N–H and O–H groups in total. The Morgan fingerprint density at radius 3 is 0.742 bits per heavy atom. The molecule has 0 aromatic heterocycles. The van der Waals surface area contributed by atoms with Crippen LogP contribution in [0.4, 0.5) is 0 Å². The van der Waals surface area contributed by atoms with Crippen molar-refractivity contribution in [2.45, 2.75) is 36.6 Å². The summed E-state index contributed by atoms with van der Waals surface area (Å²) in [5.41, 5.74) is -7.52. The third kappa shape index (κ3) is 5.54. The molecule has 0 saturated heterocycles. The van der Waals surface area contributed by atoms with Gasteiger partial charge in [-0.15, -0.1) is 0 Å². The highest BCUT2D eigenvalue weighted by atomic mass is 16.5. The van der Waals surface area contributed by atoms with Gasteiger partial charge in [0.15, 0.2) is 71.1 Å². The maximum absolute atomic E-state index is 14.3. The highest BCUT2D eigenvalue weighted by molar-refractivity contribution is 6.11. The van der Waals surface area contributed by atoms with Crippen molar-refractivity contribution in [3.8, 4) is 120 Å². The summed E-state index contributed by atoms with van der Waals surface area (Å²) in [6, 6.07) is 6.46. The molecule has 66 heavy (non-hydrogen) atoms. The molecular formula is C45H30O21. The number of aliphatic hydroxyl groups is 3. The van der Waals surface area contributed by atoms with Crippen molar-refractivity contribution in [2.24, 2.45) is 0 Å². The second-order valence-corrected chi connectivity index (χ2v) is 15.8. The van der Waals surface area contributed by atoms with Gasteiger partial charge >= 0.3 is 0 Å². The van der Waals surface area contributed by atoms with Crippen molar-refractivity contribution < 1.29 is 105 Å². The molecule has 0 saturated carbocycles. The standard InChI is InChI=1S/C45H30O21/c46-16-1-10-13(4-19(16)49)40-37(61)35(59)32-26(56)8-23(53)29(44(32)64-40)12-3-18(48)21(51)6-15(12)42-39(63)36(60)33-27(57)9-24(54)30(45(33)66-42)11-2-17(47)20(50)5-14(11)41-38(62)34(58)31-25(55)7-22(52)28(10)43(31)65-41/h1-9,37-42,46-57,61-63H. The zero-order valence-electron chi connectivity index (χ0n) is 32.8. The number of ether oxygens (including phenoxy) is 3. The summed E-state index contributed by atoms with van der Waals surface area (Å²) in [5.74, 6) is -17.9. The zero-order chi connectivity index (χ0) is 47.3. The van der Waals surface area contributed by atoms with Crippen LogP contribution in [0.5, 0.6) is 86.2 Å². The number of Topliss-reactive ketones (excluding diaryl/α,β-unsaturated/α-hetero) is 3. The fraction of sp³-hybridized carbons (Fsp3) is 0.133. The molecule has 6 atom stereocenters. The molecule has 6 aromatic rings. The Morgan fingerprint density at radius 1 is 0.288 bits per heavy atom. The number of fused-ring (bicyclic) bond motifs is 12. The molecule has 0 spiro atoms. The first kappa shape index (κ1) is 41.2. The van der Waals surface area contributed by atoms with Crippen LogP contribution in [0.2, 0.25) is 0 Å². The number of rotatable bonds is 0. The molecule has 0 fully saturated rings. The first-order valence-corrected chi connectivity index (χ1v) is 19.3. The second kappa shape index (κ2) is 13.9. The van der Waals surface area contributed by atoms with Gasteiger partial charge in [0.1, 0.15) is 68.4 Å². The monoisotopic (exact) mass is 906 g/mol. The molecule has 6 unspecified atom stereocenters. The lowest BCUT2D eigenvalue weighted by Crippen LogP contribution is -2.38. The van der Waals surface area contributed by atoms with Crippen LogP contribution in [0, 0.1) is 0 Å². The molecule has 21 nitrogen and oxygen atoms in total. The Balaban J connectivity index is 1.40. The van der Waals surface area contributed by atoms with E-state index in [4.69, 9.17) is 14.2 Å². The third-order valence-electron chi connectivity index (χ3n) is 12.0. The van der Waals surface area contributed by atoms with Crippen LogP contribution < -0.4 is 14.2 Å². The SMILES string of the molecule is O=C1c2c(O)cc(O)c3c2OC(c2cc(O)c(O)cc2-c2c(O)cc(O)c4c2OC(c2cc(O)c(O)cc2-c2c(O)cc(O)c5c2OC(c2cc(O)c(O)cc2-3)C(O)C5=O)C(O)C4=O)C1O. The van der Waals surface area contributed by atoms with Gasteiger partial charge in [-0.1, -0.05) is 0 Å². The number of phenolic OH excluding ortho intramolecular Hbond substituents is 12. The van der Waals surface area contributed by atoms with Crippen molar-refractivity contribution >= 4 is 17.3 Å². The lowest BCUT2D eigenvalue weighted by Gasteiger charge is -2.36. The quantitative estimate of drug-likeness (QED) is 0.0970. The Bertz CT molecular complexity index is 2910. The summed E-state index contributed by atoms with van der Waals surface area (Å²) >= 11 is 0. The third-order valence-corrected chi connectivity index (χ3v) is 12.0. The zero-order valence-corrected chi connectivity index (χ0v) is 32.8. The van der Waals surface area contributed by atoms with Crippen LogP contribution in [0.15, 0.2) is 54.6 Å². The number of ketones is 3. The van der Waals surface area contributed by atoms with Gasteiger partial charge in [-0.05, 0) is 36.4 Å². The lowest BCUT2D eigenvalue weighted by atomic mass is 9.81. The van der Waals surface area contributed by atoms with E-state index in [0.717, 1.165) is 36.4 Å². The molecular weight excluding hydrogens is 876 g/mol. The molecule has 4 aliphatic heterocycles. The largest absolute Gasteiger partial charge is 0.507 e. The van der Waals surface area contributed by atoms with Crippen molar-refractivity contribution in [3.05, 3.63) is 88.0 Å². The number of aliphatic hydroxyl groups excluding tert-OH is 3. The number of carbonyl (C=O) groups is 3. The summed E-state index contributed by atoms with van der Waals surface area (Å²) in [4.78, 5) is 42.8. The molecule has 336 valence electrons. The van der Waals surface area contributed by atoms with Crippen molar-refractivity contribution in [1.29, 1.82) is 0 Å². The van der Waals surface area contributed by atoms with E-state index in [2.05, 4.69) is 0 Å². The van der Waals surface area contributed by atoms with E-state index in [9.17, 15) is 91.0 Å². The average Bonchev–Trinajstić information content (AvgIpc) is 3.24. The number of hydrogen-bond donors (Lipinski definition) is 15. The Hall–Kier alpha value is -8.79. The number of benzene rings is 6. The molecule has 10 rings (SSSR count). The van der Waals surface area contributed by atoms with Gasteiger partial charge in [-0.3, -0.25) is 14.4 Å². The number of carbonyl (C=O) groups excluding carboxylic acids is 3. The van der Waals surface area contributed by atoms with E-state index >= 15 is 0 Å². The molecule has 21 heteroatoms. The van der Waals surface area contributed by atoms with Crippen molar-refractivity contribution in [1.82, 2.24) is 0 Å². The predicted molar refractivity (Wildman–Crippen MR) is 217 cm³/mol. The molecule has 0 aliphatic carbocycles. The summed E-state index contributed by atoms with van der Waals surface area (Å²) in [6.45, 7) is 0. The Labute approximate surface area is 366 Å². The maximum Gasteiger partial charge on any atom is 0.202 e. The Kier molecular flexibility index (Phi) is 8.66. The fourth-order valence-corrected chi connectivity index (χ4v) is 9.01. The van der Waals surface area contributed by atoms with E-state index in [0.29, 0.717) is 18.2 Å². The lowest BCUT2D eigenvalue weighted by molar-refractivity contribution is 0.0204.